The predicted octanol–water partition coefficient (Wildman–Crippen LogP) is 8.74. The molecule has 0 atom stereocenters. The van der Waals surface area contributed by atoms with Crippen LogP contribution in [0.15, 0.2) is 36.4 Å². The van der Waals surface area contributed by atoms with Gasteiger partial charge in [0.25, 0.3) is 0 Å². The molecule has 3 rings (SSSR count). The second-order valence-corrected chi connectivity index (χ2v) is 10.0. The van der Waals surface area contributed by atoms with Gasteiger partial charge in [0, 0.05) is 5.56 Å². The van der Waals surface area contributed by atoms with Gasteiger partial charge in [-0.2, -0.15) is 0 Å². The van der Waals surface area contributed by atoms with Crippen molar-refractivity contribution in [3.05, 3.63) is 47.5 Å². The van der Waals surface area contributed by atoms with Crippen molar-refractivity contribution in [1.82, 2.24) is 0 Å². The first-order chi connectivity index (χ1) is 14.8. The van der Waals surface area contributed by atoms with Crippen LogP contribution in [0, 0.1) is 35.5 Å². The maximum absolute atomic E-state index is 3.32. The lowest BCUT2D eigenvalue weighted by Crippen LogP contribution is -2.25. The molecule has 2 fully saturated rings. The number of hydrogen-bond donors (Lipinski definition) is 0. The van der Waals surface area contributed by atoms with Crippen molar-refractivity contribution < 1.29 is 0 Å². The van der Waals surface area contributed by atoms with Gasteiger partial charge in [0.05, 0.1) is 0 Å². The Morgan fingerprint density at radius 3 is 2.10 bits per heavy atom. The lowest BCUT2D eigenvalue weighted by Gasteiger charge is -2.37. The highest BCUT2D eigenvalue weighted by Crippen LogP contribution is 2.42. The van der Waals surface area contributed by atoms with Crippen molar-refractivity contribution >= 4 is 0 Å². The Labute approximate surface area is 186 Å². The summed E-state index contributed by atoms with van der Waals surface area (Å²) in [6.45, 7) is 4.60. The van der Waals surface area contributed by atoms with Crippen molar-refractivity contribution in [2.24, 2.45) is 23.7 Å². The lowest BCUT2D eigenvalue weighted by molar-refractivity contribution is 0.152. The Morgan fingerprint density at radius 1 is 0.800 bits per heavy atom. The summed E-state index contributed by atoms with van der Waals surface area (Å²) in [5, 5.41) is 0. The van der Waals surface area contributed by atoms with Crippen LogP contribution in [0.25, 0.3) is 0 Å². The fourth-order valence-corrected chi connectivity index (χ4v) is 5.81. The zero-order valence-corrected chi connectivity index (χ0v) is 19.7. The Bertz CT molecular complexity index is 667. The molecule has 0 spiro atoms. The zero-order valence-electron chi connectivity index (χ0n) is 19.7. The highest BCUT2D eigenvalue weighted by Gasteiger charge is 2.29. The van der Waals surface area contributed by atoms with Crippen LogP contribution in [0.5, 0.6) is 0 Å². The van der Waals surface area contributed by atoms with E-state index in [1.165, 1.54) is 95.5 Å². The molecule has 2 saturated carbocycles. The number of benzene rings is 1. The van der Waals surface area contributed by atoms with Crippen LogP contribution in [-0.4, -0.2) is 0 Å². The van der Waals surface area contributed by atoms with Gasteiger partial charge in [0.1, 0.15) is 0 Å². The molecule has 0 N–H and O–H groups in total. The lowest BCUT2D eigenvalue weighted by atomic mass is 9.69. The Morgan fingerprint density at radius 2 is 1.47 bits per heavy atom. The fraction of sp³-hybridized carbons (Fsp3) is 0.667. The monoisotopic (exact) mass is 404 g/mol. The van der Waals surface area contributed by atoms with Crippen molar-refractivity contribution in [2.75, 3.05) is 0 Å². The topological polar surface area (TPSA) is 0 Å². The molecule has 0 nitrogen and oxygen atoms in total. The van der Waals surface area contributed by atoms with Gasteiger partial charge in [-0.1, -0.05) is 82.4 Å². The third kappa shape index (κ3) is 7.65. The Balaban J connectivity index is 1.36. The first-order valence-corrected chi connectivity index (χ1v) is 13.1. The molecule has 30 heavy (non-hydrogen) atoms. The highest BCUT2D eigenvalue weighted by molar-refractivity contribution is 5.38. The fourth-order valence-electron chi connectivity index (χ4n) is 5.81. The minimum Gasteiger partial charge on any atom is -0.0730 e. The zero-order chi connectivity index (χ0) is 21.0. The van der Waals surface area contributed by atoms with Crippen LogP contribution in [0.1, 0.15) is 108 Å². The molecule has 1 aromatic rings. The molecular weight excluding hydrogens is 360 g/mol. The molecule has 0 radical (unpaired) electrons. The third-order valence-electron chi connectivity index (χ3n) is 7.76. The van der Waals surface area contributed by atoms with Gasteiger partial charge in [-0.3, -0.25) is 0 Å². The van der Waals surface area contributed by atoms with E-state index in [1.54, 1.807) is 0 Å². The number of unbranched alkanes of at least 4 members (excludes halogenated alkanes) is 2. The largest absolute Gasteiger partial charge is 0.0730 e. The summed E-state index contributed by atoms with van der Waals surface area (Å²) in [5.74, 6) is 10.4. The molecule has 1 aromatic carbocycles. The summed E-state index contributed by atoms with van der Waals surface area (Å²) < 4.78 is 0. The highest BCUT2D eigenvalue weighted by atomic mass is 14.3. The van der Waals surface area contributed by atoms with Gasteiger partial charge in [-0.05, 0) is 98.8 Å². The van der Waals surface area contributed by atoms with E-state index in [4.69, 9.17) is 0 Å². The summed E-state index contributed by atoms with van der Waals surface area (Å²) in [5.41, 5.74) is 2.58. The van der Waals surface area contributed by atoms with Crippen molar-refractivity contribution in [2.45, 2.75) is 104 Å². The smallest absolute Gasteiger partial charge is 0.0249 e. The maximum atomic E-state index is 3.32. The van der Waals surface area contributed by atoms with Crippen LogP contribution >= 0.6 is 0 Å². The molecule has 0 heterocycles. The molecule has 0 saturated heterocycles. The van der Waals surface area contributed by atoms with E-state index in [2.05, 4.69) is 62.1 Å². The summed E-state index contributed by atoms with van der Waals surface area (Å²) in [6, 6.07) is 8.87. The molecule has 0 aliphatic heterocycles. The molecule has 2 aliphatic carbocycles. The Kier molecular flexibility index (Phi) is 10.1. The van der Waals surface area contributed by atoms with E-state index in [9.17, 15) is 0 Å². The summed E-state index contributed by atoms with van der Waals surface area (Å²) in [6.07, 6.45) is 24.2. The number of hydrogen-bond acceptors (Lipinski definition) is 0. The third-order valence-corrected chi connectivity index (χ3v) is 7.76. The summed E-state index contributed by atoms with van der Waals surface area (Å²) >= 11 is 0. The second-order valence-electron chi connectivity index (χ2n) is 10.0. The van der Waals surface area contributed by atoms with Crippen LogP contribution in [0.2, 0.25) is 0 Å². The standard InChI is InChI=1S/C30H44/c1-3-5-6-10-26-13-15-27(16-14-26)11-7-8-12-28-19-23-30(24-20-28)29-21-17-25(9-4-2)18-22-29/h8,12-16,25,28-30H,3-6,9-10,17-24H2,1-2H3/t25-,28-,29-,30-. The summed E-state index contributed by atoms with van der Waals surface area (Å²) in [4.78, 5) is 0. The first kappa shape index (κ1) is 23.2. The molecule has 0 unspecified atom stereocenters. The molecule has 0 bridgehead atoms. The molecule has 0 heteroatoms. The van der Waals surface area contributed by atoms with E-state index < -0.39 is 0 Å². The van der Waals surface area contributed by atoms with E-state index >= 15 is 0 Å². The van der Waals surface area contributed by atoms with E-state index in [1.807, 2.05) is 0 Å². The minimum atomic E-state index is 0.757. The Hall–Kier alpha value is -1.48. The van der Waals surface area contributed by atoms with Gasteiger partial charge in [-0.25, -0.2) is 0 Å². The van der Waals surface area contributed by atoms with Gasteiger partial charge in [-0.15, -0.1) is 0 Å². The molecule has 164 valence electrons. The number of rotatable bonds is 8. The van der Waals surface area contributed by atoms with Gasteiger partial charge < -0.3 is 0 Å². The van der Waals surface area contributed by atoms with Crippen LogP contribution < -0.4 is 0 Å². The number of allylic oxidation sites excluding steroid dienone is 2. The number of aryl methyl sites for hydroxylation is 1. The van der Waals surface area contributed by atoms with Crippen LogP contribution in [0.3, 0.4) is 0 Å². The van der Waals surface area contributed by atoms with E-state index in [0.717, 1.165) is 29.2 Å². The van der Waals surface area contributed by atoms with Crippen LogP contribution in [-0.2, 0) is 6.42 Å². The average molecular weight is 405 g/mol. The second kappa shape index (κ2) is 13.0. The van der Waals surface area contributed by atoms with Gasteiger partial charge in [0.15, 0.2) is 0 Å². The predicted molar refractivity (Wildman–Crippen MR) is 131 cm³/mol. The minimum absolute atomic E-state index is 0.757. The average Bonchev–Trinajstić information content (AvgIpc) is 2.79. The first-order valence-electron chi connectivity index (χ1n) is 13.1. The molecular formula is C30H44. The van der Waals surface area contributed by atoms with E-state index in [0.29, 0.717) is 0 Å². The molecule has 0 aromatic heterocycles. The normalized spacial score (nSPS) is 27.0. The van der Waals surface area contributed by atoms with Crippen molar-refractivity contribution in [3.63, 3.8) is 0 Å². The quantitative estimate of drug-likeness (QED) is 0.300. The van der Waals surface area contributed by atoms with Gasteiger partial charge >= 0.3 is 0 Å². The SMILES string of the molecule is CCCCCc1ccc(C#CC=C[C@H]2CC[C@H]([C@H]3CC[C@H](CCC)CC3)CC2)cc1. The molecule has 2 aliphatic rings. The van der Waals surface area contributed by atoms with Crippen molar-refractivity contribution in [1.29, 1.82) is 0 Å². The molecule has 0 amide bonds. The maximum Gasteiger partial charge on any atom is 0.0249 e. The summed E-state index contributed by atoms with van der Waals surface area (Å²) in [7, 11) is 0. The van der Waals surface area contributed by atoms with E-state index in [-0.39, 0.29) is 0 Å². The van der Waals surface area contributed by atoms with Crippen LogP contribution in [0.4, 0.5) is 0 Å². The van der Waals surface area contributed by atoms with Crippen molar-refractivity contribution in [3.8, 4) is 11.8 Å². The van der Waals surface area contributed by atoms with Gasteiger partial charge in [0.2, 0.25) is 0 Å².